The topological polar surface area (TPSA) is 84.6 Å². The number of morpholine rings is 1. The molecule has 128 valence electrons. The third kappa shape index (κ3) is 3.44. The van der Waals surface area contributed by atoms with Crippen LogP contribution >= 0.6 is 0 Å². The van der Waals surface area contributed by atoms with Crippen molar-refractivity contribution in [2.75, 3.05) is 34.2 Å². The van der Waals surface area contributed by atoms with Gasteiger partial charge in [-0.25, -0.2) is 0 Å². The van der Waals surface area contributed by atoms with Crippen molar-refractivity contribution in [2.45, 2.75) is 19.1 Å². The predicted octanol–water partition coefficient (Wildman–Crippen LogP) is 1.22. The third-order valence-corrected chi connectivity index (χ3v) is 3.81. The van der Waals surface area contributed by atoms with Crippen LogP contribution in [0.4, 0.5) is 0 Å². The molecule has 1 aliphatic heterocycles. The summed E-state index contributed by atoms with van der Waals surface area (Å²) in [7, 11) is 5.41. The van der Waals surface area contributed by atoms with Crippen molar-refractivity contribution in [1.29, 1.82) is 0 Å². The van der Waals surface area contributed by atoms with Gasteiger partial charge in [0, 0.05) is 38.9 Å². The van der Waals surface area contributed by atoms with Crippen molar-refractivity contribution < 1.29 is 14.1 Å². The Labute approximate surface area is 140 Å². The molecule has 2 atom stereocenters. The van der Waals surface area contributed by atoms with E-state index in [9.17, 15) is 4.79 Å². The number of carbonyl (C=O) groups is 1. The van der Waals surface area contributed by atoms with Crippen molar-refractivity contribution >= 4 is 5.91 Å². The minimum absolute atomic E-state index is 0.113. The number of nitrogens with zero attached hydrogens (tertiary/aromatic N) is 5. The first-order valence-corrected chi connectivity index (χ1v) is 7.79. The number of amides is 1. The number of hydrogen-bond donors (Lipinski definition) is 0. The number of hydrogen-bond acceptors (Lipinski definition) is 7. The summed E-state index contributed by atoms with van der Waals surface area (Å²) in [6.07, 6.45) is 1.45. The lowest BCUT2D eigenvalue weighted by molar-refractivity contribution is -0.0838. The van der Waals surface area contributed by atoms with Crippen molar-refractivity contribution in [3.8, 4) is 11.4 Å². The van der Waals surface area contributed by atoms with Gasteiger partial charge >= 0.3 is 0 Å². The largest absolute Gasteiger partial charge is 0.363 e. The van der Waals surface area contributed by atoms with E-state index in [2.05, 4.69) is 20.0 Å². The van der Waals surface area contributed by atoms with E-state index in [1.165, 1.54) is 4.90 Å². The minimum Gasteiger partial charge on any atom is -0.363 e. The molecule has 0 spiro atoms. The maximum atomic E-state index is 11.9. The van der Waals surface area contributed by atoms with E-state index in [-0.39, 0.29) is 18.1 Å². The zero-order valence-corrected chi connectivity index (χ0v) is 14.3. The van der Waals surface area contributed by atoms with Crippen molar-refractivity contribution in [2.24, 2.45) is 0 Å². The van der Waals surface area contributed by atoms with Crippen LogP contribution in [0.5, 0.6) is 0 Å². The highest BCUT2D eigenvalue weighted by Crippen LogP contribution is 2.25. The van der Waals surface area contributed by atoms with Crippen LogP contribution in [0.25, 0.3) is 11.4 Å². The summed E-state index contributed by atoms with van der Waals surface area (Å²) >= 11 is 0. The van der Waals surface area contributed by atoms with E-state index in [0.29, 0.717) is 29.5 Å². The zero-order chi connectivity index (χ0) is 17.3. The normalized spacial score (nSPS) is 21.7. The molecule has 2 aromatic heterocycles. The molecule has 1 amide bonds. The average Bonchev–Trinajstić information content (AvgIpc) is 3.03. The molecule has 8 nitrogen and oxygen atoms in total. The first-order valence-electron chi connectivity index (χ1n) is 7.79. The maximum absolute atomic E-state index is 11.9. The fraction of sp³-hybridized carbons (Fsp3) is 0.500. The fourth-order valence-corrected chi connectivity index (χ4v) is 2.66. The summed E-state index contributed by atoms with van der Waals surface area (Å²) in [6.45, 7) is 3.60. The van der Waals surface area contributed by atoms with E-state index in [1.807, 2.05) is 14.0 Å². The lowest BCUT2D eigenvalue weighted by Crippen LogP contribution is -2.40. The summed E-state index contributed by atoms with van der Waals surface area (Å²) in [5.41, 5.74) is 1.07. The Morgan fingerprint density at radius 2 is 2.12 bits per heavy atom. The Hall–Kier alpha value is -2.32. The first kappa shape index (κ1) is 16.5. The van der Waals surface area contributed by atoms with Crippen molar-refractivity contribution in [3.63, 3.8) is 0 Å². The van der Waals surface area contributed by atoms with Gasteiger partial charge in [0.2, 0.25) is 5.82 Å². The average molecular weight is 331 g/mol. The maximum Gasteiger partial charge on any atom is 0.271 e. The highest BCUT2D eigenvalue weighted by molar-refractivity contribution is 5.92. The summed E-state index contributed by atoms with van der Waals surface area (Å²) in [5.74, 6) is 0.741. The highest BCUT2D eigenvalue weighted by Gasteiger charge is 2.29. The van der Waals surface area contributed by atoms with Gasteiger partial charge in [-0.2, -0.15) is 4.98 Å². The Bertz CT molecular complexity index is 703. The molecule has 0 unspecified atom stereocenters. The number of aromatic nitrogens is 3. The van der Waals surface area contributed by atoms with E-state index >= 15 is 0 Å². The Morgan fingerprint density at radius 3 is 2.75 bits per heavy atom. The van der Waals surface area contributed by atoms with E-state index < -0.39 is 0 Å². The number of carbonyl (C=O) groups excluding carboxylic acids is 1. The second kappa shape index (κ2) is 6.66. The molecule has 0 aromatic carbocycles. The van der Waals surface area contributed by atoms with Crippen LogP contribution in [-0.2, 0) is 4.74 Å². The molecule has 1 fully saturated rings. The summed E-state index contributed by atoms with van der Waals surface area (Å²) in [5, 5.41) is 4.00. The molecule has 2 aromatic rings. The lowest BCUT2D eigenvalue weighted by atomic mass is 10.2. The molecule has 1 aliphatic rings. The van der Waals surface area contributed by atoms with E-state index in [0.717, 1.165) is 6.54 Å². The van der Waals surface area contributed by atoms with Gasteiger partial charge in [-0.05, 0) is 26.1 Å². The van der Waals surface area contributed by atoms with Crippen molar-refractivity contribution in [1.82, 2.24) is 24.9 Å². The van der Waals surface area contributed by atoms with Crippen LogP contribution in [-0.4, -0.2) is 71.2 Å². The molecule has 24 heavy (non-hydrogen) atoms. The number of rotatable bonds is 3. The van der Waals surface area contributed by atoms with Gasteiger partial charge in [0.15, 0.2) is 0 Å². The van der Waals surface area contributed by atoms with Gasteiger partial charge in [-0.1, -0.05) is 5.16 Å². The molecular weight excluding hydrogens is 310 g/mol. The lowest BCUT2D eigenvalue weighted by Gasteiger charge is -2.32. The van der Waals surface area contributed by atoms with Crippen LogP contribution in [0, 0.1) is 0 Å². The van der Waals surface area contributed by atoms with Crippen LogP contribution in [0.3, 0.4) is 0 Å². The van der Waals surface area contributed by atoms with Crippen LogP contribution in [0.2, 0.25) is 0 Å². The van der Waals surface area contributed by atoms with Gasteiger partial charge in [0.05, 0.1) is 6.10 Å². The smallest absolute Gasteiger partial charge is 0.271 e. The second-order valence-electron chi connectivity index (χ2n) is 6.24. The van der Waals surface area contributed by atoms with Gasteiger partial charge in [-0.15, -0.1) is 0 Å². The standard InChI is InChI=1S/C16H21N5O3/c1-10-8-21(4)9-13(23-10)15-18-14(19-24-15)11-5-6-12(17-7-11)16(22)20(2)3/h5-7,10,13H,8-9H2,1-4H3/t10-,13-/m1/s1. The van der Waals surface area contributed by atoms with Crippen molar-refractivity contribution in [3.05, 3.63) is 29.9 Å². The molecule has 0 saturated carbocycles. The quantitative estimate of drug-likeness (QED) is 0.836. The van der Waals surface area contributed by atoms with E-state index in [1.54, 1.807) is 32.4 Å². The van der Waals surface area contributed by atoms with Gasteiger partial charge in [-0.3, -0.25) is 9.78 Å². The second-order valence-corrected chi connectivity index (χ2v) is 6.24. The van der Waals surface area contributed by atoms with Gasteiger partial charge in [0.1, 0.15) is 11.8 Å². The molecule has 3 heterocycles. The van der Waals surface area contributed by atoms with Gasteiger partial charge < -0.3 is 19.1 Å². The molecule has 3 rings (SSSR count). The predicted molar refractivity (Wildman–Crippen MR) is 86.3 cm³/mol. The molecule has 0 bridgehead atoms. The summed E-state index contributed by atoms with van der Waals surface area (Å²) in [4.78, 5) is 24.1. The number of ether oxygens (including phenoxy) is 1. The molecule has 0 radical (unpaired) electrons. The van der Waals surface area contributed by atoms with Crippen LogP contribution in [0.1, 0.15) is 29.4 Å². The number of likely N-dealkylation sites (N-methyl/N-ethyl adjacent to an activating group) is 1. The Balaban J connectivity index is 1.77. The first-order chi connectivity index (χ1) is 11.4. The van der Waals surface area contributed by atoms with E-state index in [4.69, 9.17) is 9.26 Å². The Morgan fingerprint density at radius 1 is 1.33 bits per heavy atom. The van der Waals surface area contributed by atoms with Crippen LogP contribution < -0.4 is 0 Å². The zero-order valence-electron chi connectivity index (χ0n) is 14.3. The molecule has 1 saturated heterocycles. The summed E-state index contributed by atoms with van der Waals surface area (Å²) in [6, 6.07) is 3.41. The molecule has 8 heteroatoms. The minimum atomic E-state index is -0.234. The molecular formula is C16H21N5O3. The number of pyridine rings is 1. The van der Waals surface area contributed by atoms with Crippen LogP contribution in [0.15, 0.2) is 22.9 Å². The third-order valence-electron chi connectivity index (χ3n) is 3.81. The Kier molecular flexibility index (Phi) is 4.59. The molecule has 0 aliphatic carbocycles. The van der Waals surface area contributed by atoms with Gasteiger partial charge in [0.25, 0.3) is 11.8 Å². The fourth-order valence-electron chi connectivity index (χ4n) is 2.66. The molecule has 0 N–H and O–H groups in total. The SMILES string of the molecule is C[C@@H]1CN(C)C[C@H](c2nc(-c3ccc(C(=O)N(C)C)nc3)no2)O1. The monoisotopic (exact) mass is 331 g/mol. The highest BCUT2D eigenvalue weighted by atomic mass is 16.5. The summed E-state index contributed by atoms with van der Waals surface area (Å²) < 4.78 is 11.2.